The van der Waals surface area contributed by atoms with Gasteiger partial charge in [0.15, 0.2) is 0 Å². The van der Waals surface area contributed by atoms with Gasteiger partial charge in [0.05, 0.1) is 5.75 Å². The number of hydrogen-bond donors (Lipinski definition) is 1. The number of halogens is 2. The van der Waals surface area contributed by atoms with Gasteiger partial charge in [-0.1, -0.05) is 23.7 Å². The van der Waals surface area contributed by atoms with Crippen molar-refractivity contribution in [2.75, 3.05) is 12.8 Å². The lowest BCUT2D eigenvalue weighted by molar-refractivity contribution is 0.293. The molecule has 0 unspecified atom stereocenters. The summed E-state index contributed by atoms with van der Waals surface area (Å²) < 4.78 is 45.6. The molecule has 0 aliphatic carbocycles. The van der Waals surface area contributed by atoms with Crippen LogP contribution in [0.25, 0.3) is 0 Å². The average Bonchev–Trinajstić information content (AvgIpc) is 2.58. The van der Waals surface area contributed by atoms with Crippen molar-refractivity contribution in [2.45, 2.75) is 19.1 Å². The first-order valence-corrected chi connectivity index (χ1v) is 9.96. The minimum Gasteiger partial charge on any atom is -0.473 e. The molecular weight excluding hydrogens is 395 g/mol. The van der Waals surface area contributed by atoms with Gasteiger partial charge in [-0.05, 0) is 30.7 Å². The van der Waals surface area contributed by atoms with E-state index in [1.54, 1.807) is 24.3 Å². The summed E-state index contributed by atoms with van der Waals surface area (Å²) >= 11 is 5.82. The van der Waals surface area contributed by atoms with Gasteiger partial charge < -0.3 is 10.5 Å². The molecule has 0 saturated heterocycles. The van der Waals surface area contributed by atoms with Crippen LogP contribution in [-0.4, -0.2) is 36.5 Å². The molecule has 1 atom stereocenters. The maximum absolute atomic E-state index is 14.5. The van der Waals surface area contributed by atoms with E-state index >= 15 is 0 Å². The second-order valence-corrected chi connectivity index (χ2v) is 8.76. The second kappa shape index (κ2) is 6.97. The Morgan fingerprint density at radius 3 is 2.78 bits per heavy atom. The van der Waals surface area contributed by atoms with Crippen LogP contribution < -0.4 is 10.5 Å². The zero-order chi connectivity index (χ0) is 19.8. The normalized spacial score (nSPS) is 21.6. The monoisotopic (exact) mass is 412 g/mol. The van der Waals surface area contributed by atoms with E-state index < -0.39 is 27.1 Å². The summed E-state index contributed by atoms with van der Waals surface area (Å²) in [4.78, 5) is 8.24. The van der Waals surface area contributed by atoms with E-state index in [2.05, 4.69) is 9.98 Å². The second-order valence-electron chi connectivity index (χ2n) is 6.37. The predicted molar refractivity (Wildman–Crippen MR) is 101 cm³/mol. The molecule has 0 saturated carbocycles. The standard InChI is InChI=1S/C17H18ClFN4O3S/c1-17(10-27(24,25)23(2)16(20)22-17)12-8-11(6-7-13(12)19)9-26-15-5-3-4-14(18)21-15/h3-8H,9-10H2,1-2H3,(H2,20,22)/t17-/m0/s1. The van der Waals surface area contributed by atoms with Crippen LogP contribution in [-0.2, 0) is 22.2 Å². The van der Waals surface area contributed by atoms with Gasteiger partial charge in [-0.2, -0.15) is 0 Å². The Hall–Kier alpha value is -2.39. The number of aromatic nitrogens is 1. The topological polar surface area (TPSA) is 97.9 Å². The number of sulfonamides is 1. The van der Waals surface area contributed by atoms with E-state index in [9.17, 15) is 12.8 Å². The number of hydrogen-bond acceptors (Lipinski definition) is 6. The van der Waals surface area contributed by atoms with Crippen LogP contribution in [0, 0.1) is 5.82 Å². The maximum atomic E-state index is 14.5. The third-order valence-electron chi connectivity index (χ3n) is 4.25. The van der Waals surface area contributed by atoms with Gasteiger partial charge in [0.1, 0.15) is 23.1 Å². The van der Waals surface area contributed by atoms with E-state index in [0.717, 1.165) is 4.31 Å². The van der Waals surface area contributed by atoms with Gasteiger partial charge in [-0.3, -0.25) is 0 Å². The third-order valence-corrected chi connectivity index (χ3v) is 6.41. The van der Waals surface area contributed by atoms with Crippen LogP contribution in [0.5, 0.6) is 5.88 Å². The van der Waals surface area contributed by atoms with Crippen molar-refractivity contribution in [2.24, 2.45) is 10.7 Å². The first-order valence-electron chi connectivity index (χ1n) is 7.97. The number of rotatable bonds is 4. The first-order chi connectivity index (χ1) is 12.6. The summed E-state index contributed by atoms with van der Waals surface area (Å²) in [6, 6.07) is 9.28. The van der Waals surface area contributed by atoms with Gasteiger partial charge in [0.2, 0.25) is 21.9 Å². The number of pyridine rings is 1. The Morgan fingerprint density at radius 2 is 2.11 bits per heavy atom. The quantitative estimate of drug-likeness (QED) is 0.777. The summed E-state index contributed by atoms with van der Waals surface area (Å²) in [6.07, 6.45) is 0. The Labute approximate surface area is 161 Å². The number of benzene rings is 1. The number of nitrogens with zero attached hydrogens (tertiary/aromatic N) is 3. The summed E-state index contributed by atoms with van der Waals surface area (Å²) in [5, 5.41) is 0.293. The molecule has 1 aromatic carbocycles. The summed E-state index contributed by atoms with van der Waals surface area (Å²) in [7, 11) is -2.39. The van der Waals surface area contributed by atoms with E-state index in [-0.39, 0.29) is 18.1 Å². The Balaban J connectivity index is 1.91. The zero-order valence-electron chi connectivity index (χ0n) is 14.7. The van der Waals surface area contributed by atoms with Crippen molar-refractivity contribution in [3.8, 4) is 5.88 Å². The fraction of sp³-hybridized carbons (Fsp3) is 0.294. The van der Waals surface area contributed by atoms with Gasteiger partial charge in [0.25, 0.3) is 0 Å². The number of nitrogens with two attached hydrogens (primary N) is 1. The highest BCUT2D eigenvalue weighted by atomic mass is 35.5. The molecule has 1 aliphatic heterocycles. The molecule has 0 spiro atoms. The van der Waals surface area contributed by atoms with Crippen molar-refractivity contribution in [1.82, 2.24) is 9.29 Å². The van der Waals surface area contributed by atoms with Gasteiger partial charge >= 0.3 is 0 Å². The van der Waals surface area contributed by atoms with E-state index in [1.165, 1.54) is 26.1 Å². The lowest BCUT2D eigenvalue weighted by Crippen LogP contribution is -2.50. The molecule has 2 N–H and O–H groups in total. The highest BCUT2D eigenvalue weighted by Crippen LogP contribution is 2.34. The lowest BCUT2D eigenvalue weighted by Gasteiger charge is -2.34. The van der Waals surface area contributed by atoms with Crippen LogP contribution in [0.15, 0.2) is 41.4 Å². The van der Waals surface area contributed by atoms with Crippen molar-refractivity contribution < 1.29 is 17.5 Å². The number of ether oxygens (including phenoxy) is 1. The van der Waals surface area contributed by atoms with E-state index in [4.69, 9.17) is 22.1 Å². The maximum Gasteiger partial charge on any atom is 0.239 e. The Morgan fingerprint density at radius 1 is 1.37 bits per heavy atom. The SMILES string of the molecule is CN1C(N)=N[C@](C)(c2cc(COc3cccc(Cl)n3)ccc2F)CS1(=O)=O. The average molecular weight is 413 g/mol. The third kappa shape index (κ3) is 3.98. The van der Waals surface area contributed by atoms with Gasteiger partial charge in [0, 0.05) is 18.7 Å². The molecule has 0 radical (unpaired) electrons. The minimum absolute atomic E-state index is 0.0998. The largest absolute Gasteiger partial charge is 0.473 e. The highest BCUT2D eigenvalue weighted by molar-refractivity contribution is 7.89. The Kier molecular flexibility index (Phi) is 5.00. The Bertz CT molecular complexity index is 1010. The molecule has 0 fully saturated rings. The fourth-order valence-electron chi connectivity index (χ4n) is 2.79. The van der Waals surface area contributed by atoms with Crippen LogP contribution >= 0.6 is 11.6 Å². The highest BCUT2D eigenvalue weighted by Gasteiger charge is 2.41. The van der Waals surface area contributed by atoms with E-state index in [1.807, 2.05) is 0 Å². The summed E-state index contributed by atoms with van der Waals surface area (Å²) in [6.45, 7) is 1.63. The van der Waals surface area contributed by atoms with Gasteiger partial charge in [-0.15, -0.1) is 0 Å². The summed E-state index contributed by atoms with van der Waals surface area (Å²) in [5.41, 5.74) is 5.14. The van der Waals surface area contributed by atoms with Crippen molar-refractivity contribution >= 4 is 27.6 Å². The smallest absolute Gasteiger partial charge is 0.239 e. The lowest BCUT2D eigenvalue weighted by atomic mass is 9.92. The molecule has 2 heterocycles. The molecule has 0 bridgehead atoms. The fourth-order valence-corrected chi connectivity index (χ4v) is 4.40. The van der Waals surface area contributed by atoms with E-state index in [0.29, 0.717) is 16.6 Å². The predicted octanol–water partition coefficient (Wildman–Crippen LogP) is 2.26. The zero-order valence-corrected chi connectivity index (χ0v) is 16.3. The summed E-state index contributed by atoms with van der Waals surface area (Å²) in [5.74, 6) is -0.830. The molecule has 1 aliphatic rings. The molecule has 2 aromatic rings. The number of aliphatic imine (C=N–C) groups is 1. The van der Waals surface area contributed by atoms with Crippen LogP contribution in [0.3, 0.4) is 0 Å². The molecule has 1 aromatic heterocycles. The van der Waals surface area contributed by atoms with Crippen LogP contribution in [0.4, 0.5) is 4.39 Å². The van der Waals surface area contributed by atoms with Crippen molar-refractivity contribution in [3.63, 3.8) is 0 Å². The minimum atomic E-state index is -3.70. The van der Waals surface area contributed by atoms with Crippen molar-refractivity contribution in [1.29, 1.82) is 0 Å². The van der Waals surface area contributed by atoms with Crippen LogP contribution in [0.1, 0.15) is 18.1 Å². The first kappa shape index (κ1) is 19.4. The molecule has 3 rings (SSSR count). The van der Waals surface area contributed by atoms with Crippen LogP contribution in [0.2, 0.25) is 5.15 Å². The molecule has 144 valence electrons. The number of guanidine groups is 1. The van der Waals surface area contributed by atoms with Crippen molar-refractivity contribution in [3.05, 3.63) is 58.5 Å². The molecule has 0 amide bonds. The molecule has 7 nitrogen and oxygen atoms in total. The molecular formula is C17H18ClFN4O3S. The molecule has 27 heavy (non-hydrogen) atoms. The van der Waals surface area contributed by atoms with Gasteiger partial charge in [-0.25, -0.2) is 27.1 Å². The molecule has 10 heteroatoms.